The largest absolute Gasteiger partial charge is 0.199 e. The molecule has 0 aliphatic rings. The number of alkyl halides is 16. The first-order chi connectivity index (χ1) is 14.1. The van der Waals surface area contributed by atoms with Gasteiger partial charge in [0, 0.05) is 13.8 Å². The zero-order valence-corrected chi connectivity index (χ0v) is 27.7. The van der Waals surface area contributed by atoms with Crippen LogP contribution in [0.2, 0.25) is 0 Å². The number of hydrogen-bond acceptors (Lipinski definition) is 2. The quantitative estimate of drug-likeness (QED) is 0.231. The van der Waals surface area contributed by atoms with E-state index in [-0.39, 0.29) is 42.7 Å². The summed E-state index contributed by atoms with van der Waals surface area (Å²) in [6.45, 7) is 2.86. The summed E-state index contributed by atoms with van der Waals surface area (Å²) < 4.78 is 0. The minimum absolute atomic E-state index is 0.194. The van der Waals surface area contributed by atoms with Crippen LogP contribution in [-0.2, 0) is 0 Å². The van der Waals surface area contributed by atoms with Crippen LogP contribution in [0.1, 0.15) is 13.8 Å². The molecule has 0 rings (SSSR count). The van der Waals surface area contributed by atoms with Gasteiger partial charge < -0.3 is 0 Å². The van der Waals surface area contributed by atoms with Crippen LogP contribution in [0.5, 0.6) is 0 Å². The van der Waals surface area contributed by atoms with E-state index in [1.54, 1.807) is 12.1 Å². The van der Waals surface area contributed by atoms with E-state index in [1.165, 1.54) is 13.8 Å². The minimum atomic E-state index is 0.194. The number of nitrogens with zero attached hydrogens (tertiary/aromatic N) is 2. The first-order valence-corrected chi connectivity index (χ1v) is 14.3. The molecule has 18 heteroatoms. The standard InChI is InChI=1S/2C2H3N.8CH2Cl2/c2*1-2-3;8*2-1-3/h2*1H3;8*1H2. The molecule has 0 saturated carbocycles. The molecule has 0 aliphatic carbocycles. The third kappa shape index (κ3) is 2260. The molecule has 0 unspecified atom stereocenters. The van der Waals surface area contributed by atoms with Crippen LogP contribution in [0.15, 0.2) is 0 Å². The summed E-state index contributed by atoms with van der Waals surface area (Å²) in [4.78, 5) is 0. The first-order valence-electron chi connectivity index (χ1n) is 5.72. The molecule has 0 atom stereocenters. The zero-order chi connectivity index (χ0) is 27.1. The van der Waals surface area contributed by atoms with Crippen LogP contribution in [0.25, 0.3) is 0 Å². The molecule has 0 aromatic carbocycles. The molecule has 0 aromatic heterocycles. The number of rotatable bonds is 0. The van der Waals surface area contributed by atoms with Gasteiger partial charge in [0.2, 0.25) is 0 Å². The molecule has 0 aromatic rings. The molecule has 0 heterocycles. The predicted octanol–water partition coefficient (Wildman–Crippen LogP) is 12.4. The van der Waals surface area contributed by atoms with Gasteiger partial charge in [0.25, 0.3) is 0 Å². The van der Waals surface area contributed by atoms with Gasteiger partial charge in [-0.1, -0.05) is 0 Å². The molecular formula is C12H22Cl16N2. The maximum Gasteiger partial charge on any atom is 0.0967 e. The first kappa shape index (κ1) is 64.1. The van der Waals surface area contributed by atoms with Crippen LogP contribution >= 0.6 is 186 Å². The lowest BCUT2D eigenvalue weighted by Crippen LogP contribution is -1.24. The van der Waals surface area contributed by atoms with E-state index in [2.05, 4.69) is 0 Å². The fraction of sp³-hybridized carbons (Fsp3) is 0.833. The Hall–Kier alpha value is 3.62. The Morgan fingerprint density at radius 1 is 0.333 bits per heavy atom. The van der Waals surface area contributed by atoms with Gasteiger partial charge in [-0.2, -0.15) is 10.5 Å². The average molecular weight is 762 g/mol. The van der Waals surface area contributed by atoms with E-state index >= 15 is 0 Å². The maximum atomic E-state index is 7.32. The summed E-state index contributed by atoms with van der Waals surface area (Å²) in [6, 6.07) is 3.50. The second-order valence-corrected chi connectivity index (χ2v) is 7.72. The van der Waals surface area contributed by atoms with Gasteiger partial charge in [0.05, 0.1) is 54.9 Å². The molecule has 0 bridgehead atoms. The van der Waals surface area contributed by atoms with Crippen LogP contribution in [0.3, 0.4) is 0 Å². The van der Waals surface area contributed by atoms with E-state index in [4.69, 9.17) is 196 Å². The zero-order valence-electron chi connectivity index (χ0n) is 15.6. The molecule has 0 radical (unpaired) electrons. The van der Waals surface area contributed by atoms with Crippen molar-refractivity contribution in [2.24, 2.45) is 0 Å². The third-order valence-corrected chi connectivity index (χ3v) is 0. The van der Waals surface area contributed by atoms with E-state index in [1.807, 2.05) is 0 Å². The topological polar surface area (TPSA) is 47.6 Å². The molecule has 2 nitrogen and oxygen atoms in total. The SMILES string of the molecule is CC#N.CC#N.ClCCl.ClCCl.ClCCl.ClCCl.ClCCl.ClCCl.ClCCl.ClCCl. The molecule has 0 saturated heterocycles. The van der Waals surface area contributed by atoms with Crippen LogP contribution in [-0.4, -0.2) is 42.7 Å². The van der Waals surface area contributed by atoms with Crippen molar-refractivity contribution >= 4 is 186 Å². The summed E-state index contributed by atoms with van der Waals surface area (Å²) in [7, 11) is 0. The highest BCUT2D eigenvalue weighted by Gasteiger charge is 1.43. The monoisotopic (exact) mass is 754 g/mol. The van der Waals surface area contributed by atoms with Crippen molar-refractivity contribution in [1.82, 2.24) is 0 Å². The number of halogens is 16. The Balaban J connectivity index is -0.0000000185. The van der Waals surface area contributed by atoms with Crippen molar-refractivity contribution in [2.45, 2.75) is 13.8 Å². The Labute approximate surface area is 261 Å². The van der Waals surface area contributed by atoms with Gasteiger partial charge in [0.1, 0.15) is 0 Å². The minimum Gasteiger partial charge on any atom is -0.199 e. The Morgan fingerprint density at radius 3 is 0.333 bits per heavy atom. The van der Waals surface area contributed by atoms with Gasteiger partial charge in [-0.3, -0.25) is 0 Å². The molecule has 0 fully saturated rings. The molecular weight excluding hydrogens is 739 g/mol. The Bertz CT molecular complexity index is 156. The summed E-state index contributed by atoms with van der Waals surface area (Å²) in [6.07, 6.45) is 0. The van der Waals surface area contributed by atoms with Crippen molar-refractivity contribution < 1.29 is 0 Å². The summed E-state index contributed by atoms with van der Waals surface area (Å²) in [5.41, 5.74) is 0. The summed E-state index contributed by atoms with van der Waals surface area (Å²) >= 11 is 76.2. The normalized spacial score (nSPS) is 5.33. The van der Waals surface area contributed by atoms with Crippen molar-refractivity contribution in [2.75, 3.05) is 42.7 Å². The van der Waals surface area contributed by atoms with Gasteiger partial charge in [0.15, 0.2) is 0 Å². The van der Waals surface area contributed by atoms with E-state index in [0.717, 1.165) is 0 Å². The fourth-order valence-corrected chi connectivity index (χ4v) is 0. The lowest BCUT2D eigenvalue weighted by Gasteiger charge is -1.42. The van der Waals surface area contributed by atoms with E-state index in [9.17, 15) is 0 Å². The molecule has 0 amide bonds. The lowest BCUT2D eigenvalue weighted by atomic mass is 11.0. The fourth-order valence-electron chi connectivity index (χ4n) is 0. The highest BCUT2D eigenvalue weighted by molar-refractivity contribution is 6.42. The van der Waals surface area contributed by atoms with E-state index in [0.29, 0.717) is 0 Å². The van der Waals surface area contributed by atoms with Gasteiger partial charge in [-0.15, -0.1) is 186 Å². The van der Waals surface area contributed by atoms with Crippen molar-refractivity contribution in [3.8, 4) is 12.1 Å². The van der Waals surface area contributed by atoms with Crippen LogP contribution < -0.4 is 0 Å². The molecule has 192 valence electrons. The van der Waals surface area contributed by atoms with Gasteiger partial charge >= 0.3 is 0 Å². The Kier molecular flexibility index (Phi) is 376. The summed E-state index contributed by atoms with van der Waals surface area (Å²) in [5.74, 6) is 0. The second kappa shape index (κ2) is 176. The molecule has 30 heavy (non-hydrogen) atoms. The van der Waals surface area contributed by atoms with E-state index < -0.39 is 0 Å². The molecule has 0 aliphatic heterocycles. The smallest absolute Gasteiger partial charge is 0.0967 e. The number of hydrogen-bond donors (Lipinski definition) is 0. The van der Waals surface area contributed by atoms with Crippen LogP contribution in [0.4, 0.5) is 0 Å². The average Bonchev–Trinajstić information content (AvgIpc) is 2.61. The van der Waals surface area contributed by atoms with Crippen molar-refractivity contribution in [3.05, 3.63) is 0 Å². The van der Waals surface area contributed by atoms with Gasteiger partial charge in [-0.25, -0.2) is 0 Å². The van der Waals surface area contributed by atoms with Crippen molar-refractivity contribution in [1.29, 1.82) is 10.5 Å². The maximum absolute atomic E-state index is 7.32. The predicted molar refractivity (Wildman–Crippen MR) is 155 cm³/mol. The lowest BCUT2D eigenvalue weighted by molar-refractivity contribution is 1.49. The van der Waals surface area contributed by atoms with Crippen molar-refractivity contribution in [3.63, 3.8) is 0 Å². The molecule has 0 N–H and O–H groups in total. The molecule has 0 spiro atoms. The second-order valence-electron chi connectivity index (χ2n) is 1.26. The highest BCUT2D eigenvalue weighted by atomic mass is 35.6. The highest BCUT2D eigenvalue weighted by Crippen LogP contribution is 1.75. The van der Waals surface area contributed by atoms with Crippen LogP contribution in [0, 0.1) is 22.7 Å². The summed E-state index contributed by atoms with van der Waals surface area (Å²) in [5, 5.41) is 16.2. The Morgan fingerprint density at radius 2 is 0.333 bits per heavy atom. The number of nitriles is 2. The third-order valence-electron chi connectivity index (χ3n) is 0. The van der Waals surface area contributed by atoms with Gasteiger partial charge in [-0.05, 0) is 0 Å².